The molecule has 98 valence electrons. The van der Waals surface area contributed by atoms with Crippen LogP contribution in [0, 0.1) is 0 Å². The predicted octanol–water partition coefficient (Wildman–Crippen LogP) is 1.31. The number of pyridine rings is 1. The molecular weight excluding hydrogens is 230 g/mol. The fourth-order valence-electron chi connectivity index (χ4n) is 2.19. The second-order valence-corrected chi connectivity index (χ2v) is 4.54. The molecule has 5 heteroatoms. The molecule has 0 aromatic carbocycles. The monoisotopic (exact) mass is 249 g/mol. The van der Waals surface area contributed by atoms with Crippen LogP contribution in [-0.2, 0) is 6.42 Å². The molecule has 1 aliphatic rings. The largest absolute Gasteiger partial charge is 0.465 e. The summed E-state index contributed by atoms with van der Waals surface area (Å²) >= 11 is 0. The van der Waals surface area contributed by atoms with Gasteiger partial charge in [-0.2, -0.15) is 0 Å². The number of carboxylic acid groups (broad SMARTS) is 1. The van der Waals surface area contributed by atoms with Gasteiger partial charge in [0.2, 0.25) is 0 Å². The maximum absolute atomic E-state index is 10.8. The summed E-state index contributed by atoms with van der Waals surface area (Å²) in [6, 6.07) is 5.98. The van der Waals surface area contributed by atoms with Crippen LogP contribution >= 0.6 is 0 Å². The Bertz CT molecular complexity index is 375. The van der Waals surface area contributed by atoms with Gasteiger partial charge in [0, 0.05) is 38.1 Å². The first-order valence-electron chi connectivity index (χ1n) is 6.36. The average Bonchev–Trinajstić information content (AvgIpc) is 2.40. The molecule has 1 aliphatic heterocycles. The van der Waals surface area contributed by atoms with Crippen LogP contribution in [0.15, 0.2) is 24.4 Å². The number of aromatic nitrogens is 1. The molecule has 0 unspecified atom stereocenters. The number of rotatable bonds is 4. The maximum Gasteiger partial charge on any atom is 0.407 e. The molecule has 1 saturated heterocycles. The van der Waals surface area contributed by atoms with Crippen LogP contribution in [0.1, 0.15) is 12.1 Å². The van der Waals surface area contributed by atoms with E-state index in [-0.39, 0.29) is 0 Å². The smallest absolute Gasteiger partial charge is 0.407 e. The standard InChI is InChI=1S/C13H19N3O2/c17-13(18)16-10-8-15(9-11-16)7-3-5-12-4-1-2-6-14-12/h1-2,4,6H,3,5,7-11H2,(H,17,18). The molecule has 0 spiro atoms. The first-order chi connectivity index (χ1) is 8.75. The van der Waals surface area contributed by atoms with Crippen molar-refractivity contribution in [3.63, 3.8) is 0 Å². The Hall–Kier alpha value is -1.62. The van der Waals surface area contributed by atoms with E-state index in [0.717, 1.165) is 38.2 Å². The lowest BCUT2D eigenvalue weighted by Crippen LogP contribution is -2.48. The van der Waals surface area contributed by atoms with Gasteiger partial charge in [-0.15, -0.1) is 0 Å². The van der Waals surface area contributed by atoms with E-state index >= 15 is 0 Å². The summed E-state index contributed by atoms with van der Waals surface area (Å²) in [4.78, 5) is 18.9. The van der Waals surface area contributed by atoms with E-state index in [1.54, 1.807) is 0 Å². The molecule has 18 heavy (non-hydrogen) atoms. The lowest BCUT2D eigenvalue weighted by Gasteiger charge is -2.32. The summed E-state index contributed by atoms with van der Waals surface area (Å²) in [5.41, 5.74) is 1.13. The van der Waals surface area contributed by atoms with E-state index in [9.17, 15) is 4.79 Å². The van der Waals surface area contributed by atoms with Crippen molar-refractivity contribution < 1.29 is 9.90 Å². The van der Waals surface area contributed by atoms with Crippen molar-refractivity contribution in [2.45, 2.75) is 12.8 Å². The Morgan fingerprint density at radius 3 is 2.67 bits per heavy atom. The van der Waals surface area contributed by atoms with Gasteiger partial charge in [-0.1, -0.05) is 6.07 Å². The minimum Gasteiger partial charge on any atom is -0.465 e. The minimum atomic E-state index is -0.803. The highest BCUT2D eigenvalue weighted by molar-refractivity contribution is 5.65. The van der Waals surface area contributed by atoms with Gasteiger partial charge in [-0.05, 0) is 31.5 Å². The second kappa shape index (κ2) is 6.35. The number of carbonyl (C=O) groups is 1. The predicted molar refractivity (Wildman–Crippen MR) is 68.6 cm³/mol. The van der Waals surface area contributed by atoms with E-state index < -0.39 is 6.09 Å². The van der Waals surface area contributed by atoms with Crippen molar-refractivity contribution in [1.29, 1.82) is 0 Å². The van der Waals surface area contributed by atoms with Gasteiger partial charge in [0.1, 0.15) is 0 Å². The molecule has 0 aliphatic carbocycles. The zero-order chi connectivity index (χ0) is 12.8. The van der Waals surface area contributed by atoms with Crippen molar-refractivity contribution in [2.75, 3.05) is 32.7 Å². The third-order valence-electron chi connectivity index (χ3n) is 3.28. The zero-order valence-corrected chi connectivity index (χ0v) is 10.5. The quantitative estimate of drug-likeness (QED) is 0.874. The molecule has 2 heterocycles. The highest BCUT2D eigenvalue weighted by atomic mass is 16.4. The SMILES string of the molecule is O=C(O)N1CCN(CCCc2ccccn2)CC1. The maximum atomic E-state index is 10.8. The third-order valence-corrected chi connectivity index (χ3v) is 3.28. The van der Waals surface area contributed by atoms with Crippen molar-refractivity contribution >= 4 is 6.09 Å². The van der Waals surface area contributed by atoms with Gasteiger partial charge in [0.15, 0.2) is 0 Å². The Labute approximate surface area is 107 Å². The fourth-order valence-corrected chi connectivity index (χ4v) is 2.19. The normalized spacial score (nSPS) is 16.8. The van der Waals surface area contributed by atoms with Gasteiger partial charge in [-0.3, -0.25) is 9.88 Å². The van der Waals surface area contributed by atoms with Crippen LogP contribution in [0.3, 0.4) is 0 Å². The number of hydrogen-bond acceptors (Lipinski definition) is 3. The van der Waals surface area contributed by atoms with Crippen LogP contribution in [0.25, 0.3) is 0 Å². The molecule has 1 aromatic rings. The molecule has 5 nitrogen and oxygen atoms in total. The number of nitrogens with zero attached hydrogens (tertiary/aromatic N) is 3. The van der Waals surface area contributed by atoms with Gasteiger partial charge in [-0.25, -0.2) is 4.79 Å². The highest BCUT2D eigenvalue weighted by Gasteiger charge is 2.19. The van der Waals surface area contributed by atoms with Gasteiger partial charge in [0.05, 0.1) is 0 Å². The van der Waals surface area contributed by atoms with Gasteiger partial charge >= 0.3 is 6.09 Å². The molecule has 1 fully saturated rings. The van der Waals surface area contributed by atoms with E-state index in [2.05, 4.69) is 9.88 Å². The molecule has 0 saturated carbocycles. The number of amides is 1. The second-order valence-electron chi connectivity index (χ2n) is 4.54. The summed E-state index contributed by atoms with van der Waals surface area (Å²) in [5, 5.41) is 8.85. The van der Waals surface area contributed by atoms with Gasteiger partial charge < -0.3 is 10.0 Å². The summed E-state index contributed by atoms with van der Waals surface area (Å²) in [6.45, 7) is 3.95. The average molecular weight is 249 g/mol. The van der Waals surface area contributed by atoms with Crippen LogP contribution in [0.5, 0.6) is 0 Å². The van der Waals surface area contributed by atoms with Crippen LogP contribution in [0.4, 0.5) is 4.79 Å². The lowest BCUT2D eigenvalue weighted by molar-refractivity contribution is 0.105. The lowest BCUT2D eigenvalue weighted by atomic mass is 10.2. The summed E-state index contributed by atoms with van der Waals surface area (Å²) in [6.07, 6.45) is 3.08. The third kappa shape index (κ3) is 3.70. The van der Waals surface area contributed by atoms with Crippen molar-refractivity contribution in [3.05, 3.63) is 30.1 Å². The summed E-state index contributed by atoms with van der Waals surface area (Å²) < 4.78 is 0. The highest BCUT2D eigenvalue weighted by Crippen LogP contribution is 2.05. The van der Waals surface area contributed by atoms with E-state index in [1.807, 2.05) is 24.4 Å². The van der Waals surface area contributed by atoms with Crippen molar-refractivity contribution in [2.24, 2.45) is 0 Å². The fraction of sp³-hybridized carbons (Fsp3) is 0.538. The van der Waals surface area contributed by atoms with E-state index in [4.69, 9.17) is 5.11 Å². The Morgan fingerprint density at radius 1 is 1.28 bits per heavy atom. The van der Waals surface area contributed by atoms with Crippen LogP contribution < -0.4 is 0 Å². The first kappa shape index (κ1) is 12.8. The van der Waals surface area contributed by atoms with Crippen LogP contribution in [-0.4, -0.2) is 58.7 Å². The minimum absolute atomic E-state index is 0.624. The molecule has 1 amide bonds. The molecular formula is C13H19N3O2. The Kier molecular flexibility index (Phi) is 4.52. The van der Waals surface area contributed by atoms with Crippen LogP contribution in [0.2, 0.25) is 0 Å². The zero-order valence-electron chi connectivity index (χ0n) is 10.5. The summed E-state index contributed by atoms with van der Waals surface area (Å²) in [5.74, 6) is 0. The first-order valence-corrected chi connectivity index (χ1v) is 6.36. The number of hydrogen-bond donors (Lipinski definition) is 1. The number of aryl methyl sites for hydroxylation is 1. The molecule has 2 rings (SSSR count). The topological polar surface area (TPSA) is 56.7 Å². The van der Waals surface area contributed by atoms with Crippen molar-refractivity contribution in [1.82, 2.24) is 14.8 Å². The molecule has 0 bridgehead atoms. The molecule has 1 N–H and O–H groups in total. The van der Waals surface area contributed by atoms with Gasteiger partial charge in [0.25, 0.3) is 0 Å². The molecule has 0 radical (unpaired) electrons. The summed E-state index contributed by atoms with van der Waals surface area (Å²) in [7, 11) is 0. The number of piperazine rings is 1. The van der Waals surface area contributed by atoms with E-state index in [1.165, 1.54) is 4.90 Å². The molecule has 0 atom stereocenters. The molecule has 1 aromatic heterocycles. The Morgan fingerprint density at radius 2 is 2.06 bits per heavy atom. The van der Waals surface area contributed by atoms with Crippen molar-refractivity contribution in [3.8, 4) is 0 Å². The Balaban J connectivity index is 1.65. The van der Waals surface area contributed by atoms with E-state index in [0.29, 0.717) is 13.1 Å².